The van der Waals surface area contributed by atoms with Gasteiger partial charge in [-0.1, -0.05) is 32.1 Å². The highest BCUT2D eigenvalue weighted by atomic mass is 16.5. The van der Waals surface area contributed by atoms with Crippen LogP contribution < -0.4 is 0 Å². The maximum atomic E-state index is 5.43. The van der Waals surface area contributed by atoms with Crippen LogP contribution in [-0.4, -0.2) is 12.7 Å². The van der Waals surface area contributed by atoms with Crippen LogP contribution in [0.3, 0.4) is 0 Å². The molecule has 1 saturated carbocycles. The lowest BCUT2D eigenvalue weighted by Crippen LogP contribution is -2.29. The number of ether oxygens (including phenoxy) is 1. The summed E-state index contributed by atoms with van der Waals surface area (Å²) in [6.45, 7) is 1.03. The van der Waals surface area contributed by atoms with E-state index in [0.717, 1.165) is 12.5 Å². The Morgan fingerprint density at radius 1 is 1.00 bits per heavy atom. The van der Waals surface area contributed by atoms with Crippen LogP contribution in [-0.2, 0) is 4.74 Å². The van der Waals surface area contributed by atoms with Gasteiger partial charge in [0.2, 0.25) is 0 Å². The van der Waals surface area contributed by atoms with E-state index in [0.29, 0.717) is 6.10 Å². The van der Waals surface area contributed by atoms with Crippen LogP contribution >= 0.6 is 0 Å². The smallest absolute Gasteiger partial charge is 0.0599 e. The molecule has 1 heteroatoms. The molecule has 0 aromatic rings. The fraction of sp³-hybridized carbons (Fsp3) is 1.00. The molecule has 0 aromatic carbocycles. The maximum Gasteiger partial charge on any atom is 0.0599 e. The average Bonchev–Trinajstić information content (AvgIpc) is 1.99. The van der Waals surface area contributed by atoms with E-state index in [2.05, 4.69) is 0 Å². The summed E-state index contributed by atoms with van der Waals surface area (Å²) >= 11 is 0. The molecule has 2 rings (SSSR count). The summed E-state index contributed by atoms with van der Waals surface area (Å²) < 4.78 is 5.43. The number of hydrogen-bond donors (Lipinski definition) is 0. The molecule has 0 aromatic heterocycles. The molecule has 2 fully saturated rings. The van der Waals surface area contributed by atoms with E-state index in [-0.39, 0.29) is 0 Å². The molecular weight excluding hydrogens is 136 g/mol. The zero-order chi connectivity index (χ0) is 7.52. The van der Waals surface area contributed by atoms with Crippen molar-refractivity contribution in [2.24, 2.45) is 5.92 Å². The van der Waals surface area contributed by atoms with Gasteiger partial charge in [-0.25, -0.2) is 0 Å². The van der Waals surface area contributed by atoms with Gasteiger partial charge >= 0.3 is 0 Å². The lowest BCUT2D eigenvalue weighted by atomic mass is 9.84. The fourth-order valence-corrected chi connectivity index (χ4v) is 2.27. The Hall–Kier alpha value is -0.0400. The Morgan fingerprint density at radius 2 is 1.73 bits per heavy atom. The molecule has 1 atom stereocenters. The lowest BCUT2D eigenvalue weighted by molar-refractivity contribution is -0.0649. The molecule has 1 saturated heterocycles. The Balaban J connectivity index is 1.67. The second kappa shape index (κ2) is 3.57. The molecule has 0 spiro atoms. The highest BCUT2D eigenvalue weighted by molar-refractivity contribution is 4.74. The summed E-state index contributed by atoms with van der Waals surface area (Å²) in [5.41, 5.74) is 0. The Bertz CT molecular complexity index is 112. The van der Waals surface area contributed by atoms with Crippen molar-refractivity contribution in [1.29, 1.82) is 0 Å². The number of rotatable bonds is 2. The molecule has 1 heterocycles. The minimum absolute atomic E-state index is 0.651. The molecule has 0 amide bonds. The topological polar surface area (TPSA) is 9.23 Å². The Kier molecular flexibility index (Phi) is 2.47. The molecule has 0 radical (unpaired) electrons. The van der Waals surface area contributed by atoms with Gasteiger partial charge in [-0.05, 0) is 18.8 Å². The third-order valence-electron chi connectivity index (χ3n) is 3.11. The van der Waals surface area contributed by atoms with Crippen molar-refractivity contribution in [3.8, 4) is 0 Å². The molecule has 2 aliphatic rings. The molecular formula is C10H18O. The van der Waals surface area contributed by atoms with E-state index in [1.807, 2.05) is 0 Å². The van der Waals surface area contributed by atoms with Crippen molar-refractivity contribution in [3.05, 3.63) is 0 Å². The zero-order valence-electron chi connectivity index (χ0n) is 7.22. The minimum Gasteiger partial charge on any atom is -0.378 e. The fourth-order valence-electron chi connectivity index (χ4n) is 2.27. The van der Waals surface area contributed by atoms with Gasteiger partial charge in [0.25, 0.3) is 0 Å². The van der Waals surface area contributed by atoms with Gasteiger partial charge in [0.1, 0.15) is 0 Å². The minimum atomic E-state index is 0.651. The van der Waals surface area contributed by atoms with Gasteiger partial charge in [0, 0.05) is 6.61 Å². The first kappa shape index (κ1) is 7.60. The third kappa shape index (κ3) is 1.96. The van der Waals surface area contributed by atoms with E-state index >= 15 is 0 Å². The predicted octanol–water partition coefficient (Wildman–Crippen LogP) is 2.75. The van der Waals surface area contributed by atoms with Gasteiger partial charge in [0.05, 0.1) is 6.10 Å². The lowest BCUT2D eigenvalue weighted by Gasteiger charge is -2.31. The van der Waals surface area contributed by atoms with Gasteiger partial charge < -0.3 is 4.74 Å². The van der Waals surface area contributed by atoms with Crippen LogP contribution in [0.4, 0.5) is 0 Å². The van der Waals surface area contributed by atoms with Gasteiger partial charge in [-0.15, -0.1) is 0 Å². The normalized spacial score (nSPS) is 33.3. The third-order valence-corrected chi connectivity index (χ3v) is 3.11. The van der Waals surface area contributed by atoms with Crippen LogP contribution in [0.15, 0.2) is 0 Å². The van der Waals surface area contributed by atoms with E-state index in [1.165, 1.54) is 44.9 Å². The van der Waals surface area contributed by atoms with Gasteiger partial charge in [-0.2, -0.15) is 0 Å². The van der Waals surface area contributed by atoms with Crippen molar-refractivity contribution in [2.45, 2.75) is 51.0 Å². The van der Waals surface area contributed by atoms with Crippen LogP contribution in [0.5, 0.6) is 0 Å². The van der Waals surface area contributed by atoms with E-state index in [9.17, 15) is 0 Å². The summed E-state index contributed by atoms with van der Waals surface area (Å²) in [4.78, 5) is 0. The summed E-state index contributed by atoms with van der Waals surface area (Å²) in [6, 6.07) is 0. The Morgan fingerprint density at radius 3 is 2.27 bits per heavy atom. The monoisotopic (exact) mass is 154 g/mol. The standard InChI is InChI=1S/C10H18O/c1-2-4-9(5-3-1)8-10-6-7-11-10/h9-10H,1-8H2. The van der Waals surface area contributed by atoms with E-state index in [4.69, 9.17) is 4.74 Å². The summed E-state index contributed by atoms with van der Waals surface area (Å²) in [5, 5.41) is 0. The highest BCUT2D eigenvalue weighted by Crippen LogP contribution is 2.30. The predicted molar refractivity (Wildman–Crippen MR) is 45.5 cm³/mol. The first-order valence-corrected chi connectivity index (χ1v) is 5.07. The summed E-state index contributed by atoms with van der Waals surface area (Å²) in [5.74, 6) is 1.01. The summed E-state index contributed by atoms with van der Waals surface area (Å²) in [6.07, 6.45) is 10.7. The van der Waals surface area contributed by atoms with Crippen LogP contribution in [0.1, 0.15) is 44.9 Å². The van der Waals surface area contributed by atoms with Crippen molar-refractivity contribution in [3.63, 3.8) is 0 Å². The van der Waals surface area contributed by atoms with Crippen molar-refractivity contribution < 1.29 is 4.74 Å². The Labute approximate surface area is 69.1 Å². The van der Waals surface area contributed by atoms with Crippen molar-refractivity contribution in [2.75, 3.05) is 6.61 Å². The SMILES string of the molecule is C1CCC(CC2CCO2)CC1. The quantitative estimate of drug-likeness (QED) is 0.594. The van der Waals surface area contributed by atoms with Crippen LogP contribution in [0, 0.1) is 5.92 Å². The molecule has 1 nitrogen and oxygen atoms in total. The molecule has 1 aliphatic carbocycles. The second-order valence-electron chi connectivity index (χ2n) is 4.02. The van der Waals surface area contributed by atoms with E-state index in [1.54, 1.807) is 0 Å². The summed E-state index contributed by atoms with van der Waals surface area (Å²) in [7, 11) is 0. The molecule has 0 N–H and O–H groups in total. The van der Waals surface area contributed by atoms with Crippen LogP contribution in [0.2, 0.25) is 0 Å². The highest BCUT2D eigenvalue weighted by Gasteiger charge is 2.23. The van der Waals surface area contributed by atoms with E-state index < -0.39 is 0 Å². The van der Waals surface area contributed by atoms with Crippen LogP contribution in [0.25, 0.3) is 0 Å². The molecule has 11 heavy (non-hydrogen) atoms. The first-order chi connectivity index (χ1) is 5.45. The maximum absolute atomic E-state index is 5.43. The second-order valence-corrected chi connectivity index (χ2v) is 4.02. The largest absolute Gasteiger partial charge is 0.378 e. The average molecular weight is 154 g/mol. The first-order valence-electron chi connectivity index (χ1n) is 5.07. The zero-order valence-corrected chi connectivity index (χ0v) is 7.22. The van der Waals surface area contributed by atoms with Gasteiger partial charge in [-0.3, -0.25) is 0 Å². The van der Waals surface area contributed by atoms with Crippen molar-refractivity contribution >= 4 is 0 Å². The molecule has 1 aliphatic heterocycles. The van der Waals surface area contributed by atoms with Gasteiger partial charge in [0.15, 0.2) is 0 Å². The number of hydrogen-bond acceptors (Lipinski definition) is 1. The molecule has 64 valence electrons. The molecule has 1 unspecified atom stereocenters. The molecule has 0 bridgehead atoms. The van der Waals surface area contributed by atoms with Crippen molar-refractivity contribution in [1.82, 2.24) is 0 Å².